The van der Waals surface area contributed by atoms with Gasteiger partial charge in [-0.15, -0.1) is 0 Å². The van der Waals surface area contributed by atoms with Gasteiger partial charge in [-0.2, -0.15) is 18.2 Å². The van der Waals surface area contributed by atoms with Crippen LogP contribution in [0, 0.1) is 10.1 Å². The summed E-state index contributed by atoms with van der Waals surface area (Å²) >= 11 is 0. The lowest BCUT2D eigenvalue weighted by atomic mass is 10.2. The molecule has 0 saturated heterocycles. The van der Waals surface area contributed by atoms with Gasteiger partial charge in [0.1, 0.15) is 5.75 Å². The van der Waals surface area contributed by atoms with Crippen LogP contribution in [0.15, 0.2) is 48.7 Å². The number of nitro benzene ring substituents is 1. The molecule has 0 atom stereocenters. The van der Waals surface area contributed by atoms with Gasteiger partial charge in [0.2, 0.25) is 0 Å². The van der Waals surface area contributed by atoms with Gasteiger partial charge in [0, 0.05) is 17.6 Å². The first kappa shape index (κ1) is 15.7. The van der Waals surface area contributed by atoms with Crippen molar-refractivity contribution in [2.75, 3.05) is 0 Å². The van der Waals surface area contributed by atoms with Gasteiger partial charge in [0.15, 0.2) is 5.52 Å². The Morgan fingerprint density at radius 2 is 1.88 bits per heavy atom. The highest BCUT2D eigenvalue weighted by Crippen LogP contribution is 2.32. The molecular weight excluding hydrogens is 327 g/mol. The number of non-ortho nitro benzene ring substituents is 1. The molecule has 1 aromatic heterocycles. The highest BCUT2D eigenvalue weighted by molar-refractivity contribution is 5.86. The lowest BCUT2D eigenvalue weighted by Gasteiger charge is -2.09. The first-order chi connectivity index (χ1) is 11.3. The maximum atomic E-state index is 12.7. The Morgan fingerprint density at radius 3 is 2.58 bits per heavy atom. The summed E-state index contributed by atoms with van der Waals surface area (Å²) in [5, 5.41) is 11.4. The quantitative estimate of drug-likeness (QED) is 0.525. The van der Waals surface area contributed by atoms with Crippen molar-refractivity contribution >= 4 is 16.6 Å². The molecule has 3 rings (SSSR count). The van der Waals surface area contributed by atoms with Crippen LogP contribution in [0.2, 0.25) is 0 Å². The van der Waals surface area contributed by atoms with Gasteiger partial charge < -0.3 is 4.74 Å². The van der Waals surface area contributed by atoms with Crippen molar-refractivity contribution in [1.29, 1.82) is 0 Å². The predicted octanol–water partition coefficient (Wildman–Crippen LogP) is 4.35. The molecule has 6 nitrogen and oxygen atoms in total. The molecule has 0 radical (unpaired) electrons. The van der Waals surface area contributed by atoms with E-state index >= 15 is 0 Å². The first-order valence-electron chi connectivity index (χ1n) is 6.60. The van der Waals surface area contributed by atoms with Crippen LogP contribution in [0.3, 0.4) is 0 Å². The van der Waals surface area contributed by atoms with Crippen LogP contribution >= 0.6 is 0 Å². The Kier molecular flexibility index (Phi) is 3.76. The molecule has 9 heteroatoms. The molecule has 0 aliphatic carbocycles. The summed E-state index contributed by atoms with van der Waals surface area (Å²) in [7, 11) is 0. The highest BCUT2D eigenvalue weighted by atomic mass is 19.4. The summed E-state index contributed by atoms with van der Waals surface area (Å²) in [5.74, 6) is -0.122. The Labute approximate surface area is 132 Å². The highest BCUT2D eigenvalue weighted by Gasteiger charge is 2.30. The summed E-state index contributed by atoms with van der Waals surface area (Å²) in [6, 6.07) is 8.24. The molecule has 0 aliphatic heterocycles. The van der Waals surface area contributed by atoms with Gasteiger partial charge >= 0.3 is 12.2 Å². The lowest BCUT2D eigenvalue weighted by Crippen LogP contribution is -2.04. The minimum Gasteiger partial charge on any atom is -0.424 e. The number of fused-ring (bicyclic) bond motifs is 1. The molecule has 0 saturated carbocycles. The van der Waals surface area contributed by atoms with Crippen LogP contribution in [0.1, 0.15) is 5.56 Å². The summed E-state index contributed by atoms with van der Waals surface area (Å²) in [5.41, 5.74) is -1.09. The van der Waals surface area contributed by atoms with Crippen molar-refractivity contribution in [2.45, 2.75) is 6.18 Å². The molecule has 1 heterocycles. The standard InChI is InChI=1S/C15H8F3N3O3/c16-15(17,18)10-4-2-5-11(7-10)24-14-19-8-9-3-1-6-12(21(22)23)13(9)20-14/h1-8H. The van der Waals surface area contributed by atoms with Gasteiger partial charge in [-0.25, -0.2) is 4.98 Å². The third-order valence-electron chi connectivity index (χ3n) is 3.13. The maximum Gasteiger partial charge on any atom is 0.416 e. The number of hydrogen-bond donors (Lipinski definition) is 0. The number of rotatable bonds is 3. The van der Waals surface area contributed by atoms with Crippen molar-refractivity contribution in [2.24, 2.45) is 0 Å². The number of alkyl halides is 3. The molecule has 3 aromatic rings. The number of nitrogens with zero attached hydrogens (tertiary/aromatic N) is 3. The van der Waals surface area contributed by atoms with Crippen LogP contribution in [0.5, 0.6) is 11.8 Å². The Morgan fingerprint density at radius 1 is 1.12 bits per heavy atom. The second-order valence-electron chi connectivity index (χ2n) is 4.75. The van der Waals surface area contributed by atoms with Gasteiger partial charge in [-0.1, -0.05) is 18.2 Å². The second kappa shape index (κ2) is 5.76. The molecule has 0 N–H and O–H groups in total. The van der Waals surface area contributed by atoms with E-state index in [2.05, 4.69) is 9.97 Å². The van der Waals surface area contributed by atoms with Crippen LogP contribution in [-0.2, 0) is 6.18 Å². The Bertz CT molecular complexity index is 928. The monoisotopic (exact) mass is 335 g/mol. The summed E-state index contributed by atoms with van der Waals surface area (Å²) < 4.78 is 43.3. The van der Waals surface area contributed by atoms with Crippen LogP contribution in [-0.4, -0.2) is 14.9 Å². The molecule has 122 valence electrons. The minimum atomic E-state index is -4.51. The van der Waals surface area contributed by atoms with E-state index < -0.39 is 16.7 Å². The van der Waals surface area contributed by atoms with Crippen LogP contribution in [0.4, 0.5) is 18.9 Å². The number of halogens is 3. The molecule has 0 aliphatic rings. The number of nitro groups is 1. The van der Waals surface area contributed by atoms with Gasteiger partial charge in [0.25, 0.3) is 5.69 Å². The van der Waals surface area contributed by atoms with E-state index in [1.807, 2.05) is 0 Å². The zero-order chi connectivity index (χ0) is 17.3. The van der Waals surface area contributed by atoms with Gasteiger partial charge in [0.05, 0.1) is 10.5 Å². The fourth-order valence-corrected chi connectivity index (χ4v) is 2.06. The molecule has 0 spiro atoms. The number of aromatic nitrogens is 2. The molecule has 0 fully saturated rings. The van der Waals surface area contributed by atoms with E-state index in [0.717, 1.165) is 12.1 Å². The fourth-order valence-electron chi connectivity index (χ4n) is 2.06. The first-order valence-corrected chi connectivity index (χ1v) is 6.60. The van der Waals surface area contributed by atoms with E-state index in [1.165, 1.54) is 30.5 Å². The smallest absolute Gasteiger partial charge is 0.416 e. The van der Waals surface area contributed by atoms with E-state index in [4.69, 9.17) is 4.74 Å². The third-order valence-corrected chi connectivity index (χ3v) is 3.13. The molecule has 2 aromatic carbocycles. The third kappa shape index (κ3) is 3.09. The zero-order valence-corrected chi connectivity index (χ0v) is 11.8. The maximum absolute atomic E-state index is 12.7. The number of benzene rings is 2. The average molecular weight is 335 g/mol. The van der Waals surface area contributed by atoms with E-state index in [0.29, 0.717) is 5.39 Å². The van der Waals surface area contributed by atoms with E-state index in [-0.39, 0.29) is 23.0 Å². The van der Waals surface area contributed by atoms with Crippen LogP contribution < -0.4 is 4.74 Å². The lowest BCUT2D eigenvalue weighted by molar-refractivity contribution is -0.383. The number of para-hydroxylation sites is 1. The molecule has 0 bridgehead atoms. The predicted molar refractivity (Wildman–Crippen MR) is 77.7 cm³/mol. The average Bonchev–Trinajstić information content (AvgIpc) is 2.53. The SMILES string of the molecule is O=[N+]([O-])c1cccc2cnc(Oc3cccc(C(F)(F)F)c3)nc12. The normalized spacial score (nSPS) is 11.5. The number of hydrogen-bond acceptors (Lipinski definition) is 5. The molecule has 0 amide bonds. The van der Waals surface area contributed by atoms with Gasteiger partial charge in [-0.05, 0) is 18.2 Å². The summed E-state index contributed by atoms with van der Waals surface area (Å²) in [6.45, 7) is 0. The molecule has 0 unspecified atom stereocenters. The van der Waals surface area contributed by atoms with Gasteiger partial charge in [-0.3, -0.25) is 10.1 Å². The van der Waals surface area contributed by atoms with Crippen molar-refractivity contribution in [3.63, 3.8) is 0 Å². The number of ether oxygens (including phenoxy) is 1. The topological polar surface area (TPSA) is 78.2 Å². The molecular formula is C15H8F3N3O3. The summed E-state index contributed by atoms with van der Waals surface area (Å²) in [4.78, 5) is 18.2. The second-order valence-corrected chi connectivity index (χ2v) is 4.75. The fraction of sp³-hybridized carbons (Fsp3) is 0.0667. The van der Waals surface area contributed by atoms with E-state index in [9.17, 15) is 23.3 Å². The van der Waals surface area contributed by atoms with Crippen LogP contribution in [0.25, 0.3) is 10.9 Å². The van der Waals surface area contributed by atoms with Crippen molar-refractivity contribution in [3.8, 4) is 11.8 Å². The Hall–Kier alpha value is -3.23. The van der Waals surface area contributed by atoms with Crippen molar-refractivity contribution in [1.82, 2.24) is 9.97 Å². The van der Waals surface area contributed by atoms with Crippen molar-refractivity contribution in [3.05, 3.63) is 64.3 Å². The zero-order valence-electron chi connectivity index (χ0n) is 11.8. The molecule has 24 heavy (non-hydrogen) atoms. The van der Waals surface area contributed by atoms with Crippen molar-refractivity contribution < 1.29 is 22.8 Å². The van der Waals surface area contributed by atoms with E-state index in [1.54, 1.807) is 6.07 Å². The Balaban J connectivity index is 1.99. The summed E-state index contributed by atoms with van der Waals surface area (Å²) in [6.07, 6.45) is -3.21. The minimum absolute atomic E-state index is 0.0412. The largest absolute Gasteiger partial charge is 0.424 e.